The van der Waals surface area contributed by atoms with Gasteiger partial charge in [0.2, 0.25) is 5.88 Å². The summed E-state index contributed by atoms with van der Waals surface area (Å²) in [4.78, 5) is 15.3. The Morgan fingerprint density at radius 3 is 2.63 bits per heavy atom. The van der Waals surface area contributed by atoms with E-state index in [4.69, 9.17) is 14.6 Å². The lowest BCUT2D eigenvalue weighted by molar-refractivity contribution is 0.0695. The van der Waals surface area contributed by atoms with Gasteiger partial charge in [0.25, 0.3) is 0 Å². The molecule has 5 heteroatoms. The average Bonchev–Trinajstić information content (AvgIpc) is 2.38. The fourth-order valence-electron chi connectivity index (χ4n) is 1.47. The molecule has 1 heterocycles. The van der Waals surface area contributed by atoms with Gasteiger partial charge >= 0.3 is 5.97 Å². The maximum atomic E-state index is 11.0. The molecule has 0 aliphatic heterocycles. The molecule has 106 valence electrons. The van der Waals surface area contributed by atoms with Crippen LogP contribution in [-0.2, 0) is 4.74 Å². The van der Waals surface area contributed by atoms with Gasteiger partial charge in [-0.2, -0.15) is 0 Å². The fraction of sp³-hybridized carbons (Fsp3) is 0.571. The number of carbonyl (C=O) groups is 1. The molecule has 5 nitrogen and oxygen atoms in total. The number of nitrogens with zero attached hydrogens (tertiary/aromatic N) is 1. The first-order valence-electron chi connectivity index (χ1n) is 6.50. The lowest BCUT2D eigenvalue weighted by Gasteiger charge is -2.10. The number of hydrogen-bond donors (Lipinski definition) is 1. The highest BCUT2D eigenvalue weighted by molar-refractivity contribution is 5.88. The van der Waals surface area contributed by atoms with E-state index in [1.54, 1.807) is 6.07 Å². The summed E-state index contributed by atoms with van der Waals surface area (Å²) in [5, 5.41) is 9.05. The van der Waals surface area contributed by atoms with Crippen molar-refractivity contribution in [3.8, 4) is 5.88 Å². The monoisotopic (exact) mass is 267 g/mol. The maximum absolute atomic E-state index is 11.0. The van der Waals surface area contributed by atoms with Gasteiger partial charge in [0.05, 0.1) is 12.2 Å². The van der Waals surface area contributed by atoms with Gasteiger partial charge in [-0.1, -0.05) is 20.8 Å². The van der Waals surface area contributed by atoms with Gasteiger partial charge in [-0.25, -0.2) is 9.78 Å². The van der Waals surface area contributed by atoms with Gasteiger partial charge in [-0.15, -0.1) is 0 Å². The van der Waals surface area contributed by atoms with Crippen molar-refractivity contribution in [1.29, 1.82) is 0 Å². The van der Waals surface area contributed by atoms with E-state index in [2.05, 4.69) is 4.98 Å². The Balaban J connectivity index is 2.68. The van der Waals surface area contributed by atoms with E-state index in [0.717, 1.165) is 6.42 Å². The molecule has 0 saturated heterocycles. The van der Waals surface area contributed by atoms with Gasteiger partial charge in [0, 0.05) is 18.4 Å². The zero-order chi connectivity index (χ0) is 14.3. The first kappa shape index (κ1) is 15.4. The normalized spacial score (nSPS) is 10.7. The van der Waals surface area contributed by atoms with Crippen LogP contribution in [0.1, 0.15) is 49.2 Å². The van der Waals surface area contributed by atoms with Crippen LogP contribution in [0.25, 0.3) is 0 Å². The molecule has 0 saturated carbocycles. The number of rotatable bonds is 8. The van der Waals surface area contributed by atoms with Crippen molar-refractivity contribution in [3.05, 3.63) is 23.4 Å². The molecule has 0 bridgehead atoms. The summed E-state index contributed by atoms with van der Waals surface area (Å²) in [6.45, 7) is 7.50. The number of aromatic carboxylic acids is 1. The van der Waals surface area contributed by atoms with Crippen molar-refractivity contribution < 1.29 is 19.4 Å². The van der Waals surface area contributed by atoms with Crippen LogP contribution in [-0.4, -0.2) is 35.9 Å². The molecule has 0 unspecified atom stereocenters. The summed E-state index contributed by atoms with van der Waals surface area (Å²) in [7, 11) is 0. The average molecular weight is 267 g/mol. The Hall–Kier alpha value is -1.62. The van der Waals surface area contributed by atoms with Crippen LogP contribution in [0.3, 0.4) is 0 Å². The molecule has 0 spiro atoms. The van der Waals surface area contributed by atoms with E-state index in [1.165, 1.54) is 6.07 Å². The van der Waals surface area contributed by atoms with Crippen molar-refractivity contribution in [2.24, 2.45) is 0 Å². The van der Waals surface area contributed by atoms with Crippen LogP contribution < -0.4 is 4.74 Å². The number of hydrogen-bond acceptors (Lipinski definition) is 4. The van der Waals surface area contributed by atoms with Gasteiger partial charge in [0.1, 0.15) is 6.61 Å². The summed E-state index contributed by atoms with van der Waals surface area (Å²) in [6.07, 6.45) is 0.963. The van der Waals surface area contributed by atoms with Crippen molar-refractivity contribution >= 4 is 5.97 Å². The van der Waals surface area contributed by atoms with E-state index in [9.17, 15) is 4.79 Å². The molecule has 1 N–H and O–H groups in total. The third-order valence-corrected chi connectivity index (χ3v) is 2.49. The number of ether oxygens (including phenoxy) is 2. The van der Waals surface area contributed by atoms with Crippen molar-refractivity contribution in [1.82, 2.24) is 4.98 Å². The predicted octanol–water partition coefficient (Wildman–Crippen LogP) is 2.71. The lowest BCUT2D eigenvalue weighted by atomic mass is 10.1. The SMILES string of the molecule is CCCOCCOc1cc(C(=O)O)cc(C(C)C)n1. The lowest BCUT2D eigenvalue weighted by Crippen LogP contribution is -2.10. The van der Waals surface area contributed by atoms with Crippen LogP contribution >= 0.6 is 0 Å². The number of carboxylic acids is 1. The highest BCUT2D eigenvalue weighted by atomic mass is 16.5. The van der Waals surface area contributed by atoms with Gasteiger partial charge < -0.3 is 14.6 Å². The van der Waals surface area contributed by atoms with Gasteiger partial charge in [-0.3, -0.25) is 0 Å². The first-order valence-corrected chi connectivity index (χ1v) is 6.50. The molecule has 0 fully saturated rings. The molecule has 1 rings (SSSR count). The van der Waals surface area contributed by atoms with Gasteiger partial charge in [-0.05, 0) is 18.4 Å². The molecule has 1 aromatic heterocycles. The van der Waals surface area contributed by atoms with Gasteiger partial charge in [0.15, 0.2) is 0 Å². The molecular formula is C14H21NO4. The van der Waals surface area contributed by atoms with Crippen LogP contribution in [0.4, 0.5) is 0 Å². The zero-order valence-corrected chi connectivity index (χ0v) is 11.7. The molecule has 0 atom stereocenters. The molecule has 19 heavy (non-hydrogen) atoms. The number of pyridine rings is 1. The minimum absolute atomic E-state index is 0.151. The quantitative estimate of drug-likeness (QED) is 0.733. The van der Waals surface area contributed by atoms with E-state index in [1.807, 2.05) is 20.8 Å². The summed E-state index contributed by atoms with van der Waals surface area (Å²) in [5.41, 5.74) is 0.910. The standard InChI is InChI=1S/C14H21NO4/c1-4-5-18-6-7-19-13-9-11(14(16)17)8-12(15-13)10(2)3/h8-10H,4-7H2,1-3H3,(H,16,17). The van der Waals surface area contributed by atoms with Crippen molar-refractivity contribution in [3.63, 3.8) is 0 Å². The Kier molecular flexibility index (Phi) is 6.29. The smallest absolute Gasteiger partial charge is 0.335 e. The predicted molar refractivity (Wildman–Crippen MR) is 71.9 cm³/mol. The molecule has 0 radical (unpaired) electrons. The molecule has 0 amide bonds. The topological polar surface area (TPSA) is 68.7 Å². The molecule has 0 aliphatic carbocycles. The highest BCUT2D eigenvalue weighted by Crippen LogP contribution is 2.19. The van der Waals surface area contributed by atoms with E-state index in [-0.39, 0.29) is 11.5 Å². The molecule has 0 aliphatic rings. The molecular weight excluding hydrogens is 246 g/mol. The fourth-order valence-corrected chi connectivity index (χ4v) is 1.47. The molecule has 1 aromatic rings. The first-order chi connectivity index (χ1) is 9.04. The molecule has 0 aromatic carbocycles. The number of aromatic nitrogens is 1. The number of carboxylic acid groups (broad SMARTS) is 1. The van der Waals surface area contributed by atoms with Crippen LogP contribution in [0.15, 0.2) is 12.1 Å². The Morgan fingerprint density at radius 2 is 2.05 bits per heavy atom. The second-order valence-electron chi connectivity index (χ2n) is 4.54. The Labute approximate surface area is 113 Å². The van der Waals surface area contributed by atoms with Crippen molar-refractivity contribution in [2.45, 2.75) is 33.1 Å². The summed E-state index contributed by atoms with van der Waals surface area (Å²) in [5.74, 6) is -0.488. The highest BCUT2D eigenvalue weighted by Gasteiger charge is 2.11. The maximum Gasteiger partial charge on any atom is 0.335 e. The third-order valence-electron chi connectivity index (χ3n) is 2.49. The Morgan fingerprint density at radius 1 is 1.32 bits per heavy atom. The summed E-state index contributed by atoms with van der Waals surface area (Å²) < 4.78 is 10.7. The minimum atomic E-state index is -0.976. The van der Waals surface area contributed by atoms with E-state index in [0.29, 0.717) is 31.4 Å². The second kappa shape index (κ2) is 7.74. The summed E-state index contributed by atoms with van der Waals surface area (Å²) in [6, 6.07) is 3.02. The summed E-state index contributed by atoms with van der Waals surface area (Å²) >= 11 is 0. The van der Waals surface area contributed by atoms with Crippen LogP contribution in [0.2, 0.25) is 0 Å². The zero-order valence-electron chi connectivity index (χ0n) is 11.7. The van der Waals surface area contributed by atoms with Crippen LogP contribution in [0, 0.1) is 0 Å². The Bertz CT molecular complexity index is 418. The minimum Gasteiger partial charge on any atom is -0.478 e. The van der Waals surface area contributed by atoms with Crippen molar-refractivity contribution in [2.75, 3.05) is 19.8 Å². The second-order valence-corrected chi connectivity index (χ2v) is 4.54. The van der Waals surface area contributed by atoms with E-state index >= 15 is 0 Å². The van der Waals surface area contributed by atoms with Crippen LogP contribution in [0.5, 0.6) is 5.88 Å². The largest absolute Gasteiger partial charge is 0.478 e. The third kappa shape index (κ3) is 5.26. The van der Waals surface area contributed by atoms with E-state index < -0.39 is 5.97 Å².